The highest BCUT2D eigenvalue weighted by atomic mass is 32.1. The van der Waals surface area contributed by atoms with E-state index in [2.05, 4.69) is 32.6 Å². The van der Waals surface area contributed by atoms with Crippen LogP contribution in [0.15, 0.2) is 17.5 Å². The summed E-state index contributed by atoms with van der Waals surface area (Å²) in [5.41, 5.74) is 0. The summed E-state index contributed by atoms with van der Waals surface area (Å²) in [7, 11) is 0. The van der Waals surface area contributed by atoms with E-state index in [0.29, 0.717) is 19.0 Å². The molecule has 0 radical (unpaired) electrons. The number of nitrogens with zero attached hydrogens (tertiary/aromatic N) is 3. The van der Waals surface area contributed by atoms with Crippen molar-refractivity contribution < 1.29 is 9.59 Å². The molecule has 4 rings (SSSR count). The van der Waals surface area contributed by atoms with Crippen LogP contribution in [0.1, 0.15) is 37.0 Å². The van der Waals surface area contributed by atoms with Crippen molar-refractivity contribution in [2.45, 2.75) is 50.7 Å². The van der Waals surface area contributed by atoms with Gasteiger partial charge in [0.2, 0.25) is 11.8 Å². The molecule has 0 aromatic carbocycles. The van der Waals surface area contributed by atoms with Crippen LogP contribution in [0, 0.1) is 0 Å². The zero-order valence-electron chi connectivity index (χ0n) is 15.9. The Bertz CT molecular complexity index is 636. The number of nitrogens with one attached hydrogen (secondary N) is 1. The molecule has 3 aliphatic rings. The third-order valence-electron chi connectivity index (χ3n) is 6.22. The molecular formula is C20H30N4O2S. The molecule has 1 N–H and O–H groups in total. The lowest BCUT2D eigenvalue weighted by Gasteiger charge is -2.40. The molecule has 3 heterocycles. The van der Waals surface area contributed by atoms with Gasteiger partial charge in [0.1, 0.15) is 0 Å². The number of piperazine rings is 2. The fourth-order valence-electron chi connectivity index (χ4n) is 4.69. The first-order valence-electron chi connectivity index (χ1n) is 10.3. The maximum atomic E-state index is 12.9. The standard InChI is InChI=1S/C20H30N4O2S/c25-19(23-11-9-22(10-12-23)15-17-6-3-13-27-17)14-18-20(26)21-7-8-24(18)16-4-1-2-5-16/h3,6,13,16,18H,1-2,4-5,7-12,14-15H2,(H,21,26)/t18-/m1/s1. The van der Waals surface area contributed by atoms with Gasteiger partial charge in [0.25, 0.3) is 0 Å². The topological polar surface area (TPSA) is 55.9 Å². The van der Waals surface area contributed by atoms with E-state index in [-0.39, 0.29) is 17.9 Å². The molecule has 2 amide bonds. The van der Waals surface area contributed by atoms with E-state index < -0.39 is 0 Å². The van der Waals surface area contributed by atoms with Crippen LogP contribution in [0.2, 0.25) is 0 Å². The molecule has 3 fully saturated rings. The Morgan fingerprint density at radius 2 is 1.93 bits per heavy atom. The lowest BCUT2D eigenvalue weighted by Crippen LogP contribution is -2.59. The zero-order valence-corrected chi connectivity index (χ0v) is 16.8. The van der Waals surface area contributed by atoms with Gasteiger partial charge in [-0.15, -0.1) is 11.3 Å². The summed E-state index contributed by atoms with van der Waals surface area (Å²) in [6, 6.07) is 4.46. The molecule has 1 atom stereocenters. The first kappa shape index (κ1) is 18.9. The van der Waals surface area contributed by atoms with E-state index >= 15 is 0 Å². The molecule has 1 aromatic heterocycles. The van der Waals surface area contributed by atoms with Gasteiger partial charge in [-0.2, -0.15) is 0 Å². The molecule has 1 aliphatic carbocycles. The first-order valence-corrected chi connectivity index (χ1v) is 11.1. The second-order valence-corrected chi connectivity index (χ2v) is 8.96. The van der Waals surface area contributed by atoms with Gasteiger partial charge in [0.15, 0.2) is 0 Å². The molecule has 2 saturated heterocycles. The summed E-state index contributed by atoms with van der Waals surface area (Å²) < 4.78 is 0. The Hall–Kier alpha value is -1.44. The van der Waals surface area contributed by atoms with Crippen LogP contribution in [0.4, 0.5) is 0 Å². The van der Waals surface area contributed by atoms with E-state index in [1.807, 2.05) is 4.90 Å². The van der Waals surface area contributed by atoms with Gasteiger partial charge in [0.05, 0.1) is 12.5 Å². The molecule has 7 heteroatoms. The van der Waals surface area contributed by atoms with Crippen molar-refractivity contribution in [1.82, 2.24) is 20.0 Å². The largest absolute Gasteiger partial charge is 0.353 e. The molecule has 27 heavy (non-hydrogen) atoms. The molecule has 1 aromatic rings. The second-order valence-electron chi connectivity index (χ2n) is 7.92. The van der Waals surface area contributed by atoms with Gasteiger partial charge in [-0.25, -0.2) is 0 Å². The maximum Gasteiger partial charge on any atom is 0.237 e. The second kappa shape index (κ2) is 8.71. The Morgan fingerprint density at radius 1 is 1.15 bits per heavy atom. The van der Waals surface area contributed by atoms with E-state index in [4.69, 9.17) is 0 Å². The Morgan fingerprint density at radius 3 is 2.63 bits per heavy atom. The van der Waals surface area contributed by atoms with Crippen LogP contribution in [-0.2, 0) is 16.1 Å². The van der Waals surface area contributed by atoms with Crippen LogP contribution in [0.5, 0.6) is 0 Å². The van der Waals surface area contributed by atoms with E-state index in [9.17, 15) is 9.59 Å². The normalized spacial score (nSPS) is 25.7. The van der Waals surface area contributed by atoms with Crippen molar-refractivity contribution in [3.8, 4) is 0 Å². The van der Waals surface area contributed by atoms with Crippen molar-refractivity contribution >= 4 is 23.2 Å². The maximum absolute atomic E-state index is 12.9. The fourth-order valence-corrected chi connectivity index (χ4v) is 5.43. The SMILES string of the molecule is O=C1NCCN(C2CCCC2)[C@@H]1CC(=O)N1CCN(Cc2cccs2)CC1. The summed E-state index contributed by atoms with van der Waals surface area (Å²) in [5.74, 6) is 0.175. The number of carbonyl (C=O) groups is 2. The van der Waals surface area contributed by atoms with E-state index in [1.165, 1.54) is 30.6 Å². The third kappa shape index (κ3) is 4.52. The van der Waals surface area contributed by atoms with Crippen molar-refractivity contribution in [2.75, 3.05) is 39.3 Å². The van der Waals surface area contributed by atoms with Crippen LogP contribution < -0.4 is 5.32 Å². The van der Waals surface area contributed by atoms with Crippen LogP contribution in [0.3, 0.4) is 0 Å². The Balaban J connectivity index is 1.30. The highest BCUT2D eigenvalue weighted by Crippen LogP contribution is 2.27. The molecule has 6 nitrogen and oxygen atoms in total. The number of rotatable bonds is 5. The Labute approximate surface area is 165 Å². The lowest BCUT2D eigenvalue weighted by atomic mass is 10.0. The molecule has 0 bridgehead atoms. The Kier molecular flexibility index (Phi) is 6.10. The number of hydrogen-bond donors (Lipinski definition) is 1. The van der Waals surface area contributed by atoms with Gasteiger partial charge in [0, 0.05) is 56.7 Å². The van der Waals surface area contributed by atoms with Crippen LogP contribution in [-0.4, -0.2) is 77.9 Å². The first-order chi connectivity index (χ1) is 13.2. The highest BCUT2D eigenvalue weighted by molar-refractivity contribution is 7.09. The number of hydrogen-bond acceptors (Lipinski definition) is 5. The molecule has 2 aliphatic heterocycles. The smallest absolute Gasteiger partial charge is 0.237 e. The van der Waals surface area contributed by atoms with Gasteiger partial charge >= 0.3 is 0 Å². The minimum atomic E-state index is -0.279. The quantitative estimate of drug-likeness (QED) is 0.828. The minimum Gasteiger partial charge on any atom is -0.353 e. The minimum absolute atomic E-state index is 0.0397. The van der Waals surface area contributed by atoms with Gasteiger partial charge in [-0.1, -0.05) is 18.9 Å². The van der Waals surface area contributed by atoms with Crippen molar-refractivity contribution in [3.05, 3.63) is 22.4 Å². The highest BCUT2D eigenvalue weighted by Gasteiger charge is 2.37. The summed E-state index contributed by atoms with van der Waals surface area (Å²) in [6.45, 7) is 5.91. The van der Waals surface area contributed by atoms with E-state index in [1.54, 1.807) is 11.3 Å². The van der Waals surface area contributed by atoms with Crippen molar-refractivity contribution in [3.63, 3.8) is 0 Å². The van der Waals surface area contributed by atoms with Crippen LogP contribution in [0.25, 0.3) is 0 Å². The van der Waals surface area contributed by atoms with Crippen molar-refractivity contribution in [2.24, 2.45) is 0 Å². The average molecular weight is 391 g/mol. The number of thiophene rings is 1. The predicted octanol–water partition coefficient (Wildman–Crippen LogP) is 1.53. The molecule has 1 saturated carbocycles. The molecule has 0 spiro atoms. The summed E-state index contributed by atoms with van der Waals surface area (Å²) in [6.07, 6.45) is 5.15. The summed E-state index contributed by atoms with van der Waals surface area (Å²) in [4.78, 5) is 33.4. The molecule has 148 valence electrons. The fraction of sp³-hybridized carbons (Fsp3) is 0.700. The summed E-state index contributed by atoms with van der Waals surface area (Å²) >= 11 is 1.79. The number of amides is 2. The molecule has 0 unspecified atom stereocenters. The summed E-state index contributed by atoms with van der Waals surface area (Å²) in [5, 5.41) is 5.08. The number of carbonyl (C=O) groups excluding carboxylic acids is 2. The van der Waals surface area contributed by atoms with Gasteiger partial charge in [-0.05, 0) is 24.3 Å². The zero-order chi connectivity index (χ0) is 18.6. The van der Waals surface area contributed by atoms with E-state index in [0.717, 1.165) is 39.3 Å². The average Bonchev–Trinajstić information content (AvgIpc) is 3.38. The van der Waals surface area contributed by atoms with Gasteiger partial charge in [-0.3, -0.25) is 19.4 Å². The third-order valence-corrected chi connectivity index (χ3v) is 7.08. The van der Waals surface area contributed by atoms with Crippen LogP contribution >= 0.6 is 11.3 Å². The monoisotopic (exact) mass is 390 g/mol. The van der Waals surface area contributed by atoms with Crippen molar-refractivity contribution in [1.29, 1.82) is 0 Å². The molecular weight excluding hydrogens is 360 g/mol. The lowest BCUT2D eigenvalue weighted by molar-refractivity contribution is -0.141. The van der Waals surface area contributed by atoms with Gasteiger partial charge < -0.3 is 10.2 Å². The predicted molar refractivity (Wildman–Crippen MR) is 107 cm³/mol.